The summed E-state index contributed by atoms with van der Waals surface area (Å²) < 4.78 is 4.96. The Balaban J connectivity index is 1.99. The molecule has 1 fully saturated rings. The highest BCUT2D eigenvalue weighted by Crippen LogP contribution is 2.31. The molecule has 0 amide bonds. The van der Waals surface area contributed by atoms with Gasteiger partial charge in [-0.2, -0.15) is 0 Å². The lowest BCUT2D eigenvalue weighted by atomic mass is 10.2. The van der Waals surface area contributed by atoms with Crippen LogP contribution < -0.4 is 10.1 Å². The van der Waals surface area contributed by atoms with Crippen molar-refractivity contribution in [3.05, 3.63) is 18.2 Å². The number of benzene rings is 1. The molecule has 1 aliphatic carbocycles. The third-order valence-corrected chi connectivity index (χ3v) is 2.47. The minimum Gasteiger partial charge on any atom is -0.504 e. The van der Waals surface area contributed by atoms with E-state index in [0.29, 0.717) is 5.75 Å². The second-order valence-electron chi connectivity index (χ2n) is 3.71. The maximum atomic E-state index is 9.51. The summed E-state index contributed by atoms with van der Waals surface area (Å²) in [5, 5.41) is 12.8. The second-order valence-corrected chi connectivity index (χ2v) is 3.71. The normalized spacial score (nSPS) is 15.2. The van der Waals surface area contributed by atoms with Crippen molar-refractivity contribution in [3.63, 3.8) is 0 Å². The Labute approximate surface area is 83.7 Å². The zero-order valence-corrected chi connectivity index (χ0v) is 8.29. The standard InChI is InChI=1S/C11H15NO2/c1-14-11-5-4-9(6-10(11)13)12-7-8-2-3-8/h4-6,8,12-13H,2-3,7H2,1H3. The topological polar surface area (TPSA) is 41.5 Å². The predicted molar refractivity (Wildman–Crippen MR) is 55.9 cm³/mol. The summed E-state index contributed by atoms with van der Waals surface area (Å²) in [6.07, 6.45) is 2.66. The molecule has 0 aromatic heterocycles. The molecule has 3 nitrogen and oxygen atoms in total. The number of methoxy groups -OCH3 is 1. The zero-order chi connectivity index (χ0) is 9.97. The number of anilines is 1. The van der Waals surface area contributed by atoms with Gasteiger partial charge in [0.2, 0.25) is 0 Å². The van der Waals surface area contributed by atoms with Crippen molar-refractivity contribution in [2.75, 3.05) is 19.0 Å². The Morgan fingerprint density at radius 2 is 2.29 bits per heavy atom. The van der Waals surface area contributed by atoms with Gasteiger partial charge in [0.25, 0.3) is 0 Å². The maximum absolute atomic E-state index is 9.51. The number of ether oxygens (including phenoxy) is 1. The van der Waals surface area contributed by atoms with Crippen LogP contribution in [0.15, 0.2) is 18.2 Å². The molecule has 14 heavy (non-hydrogen) atoms. The minimum absolute atomic E-state index is 0.188. The molecule has 0 spiro atoms. The van der Waals surface area contributed by atoms with E-state index in [4.69, 9.17) is 4.74 Å². The lowest BCUT2D eigenvalue weighted by Crippen LogP contribution is -2.02. The molecule has 0 heterocycles. The van der Waals surface area contributed by atoms with E-state index in [1.807, 2.05) is 6.07 Å². The molecular weight excluding hydrogens is 178 g/mol. The number of nitrogens with one attached hydrogen (secondary N) is 1. The number of phenols is 1. The first kappa shape index (κ1) is 9.19. The highest BCUT2D eigenvalue weighted by molar-refractivity contribution is 5.54. The monoisotopic (exact) mass is 193 g/mol. The van der Waals surface area contributed by atoms with Gasteiger partial charge in [-0.15, -0.1) is 0 Å². The summed E-state index contributed by atoms with van der Waals surface area (Å²) in [4.78, 5) is 0. The van der Waals surface area contributed by atoms with Crippen molar-refractivity contribution in [1.82, 2.24) is 0 Å². The summed E-state index contributed by atoms with van der Waals surface area (Å²) in [5.74, 6) is 1.54. The number of hydrogen-bond acceptors (Lipinski definition) is 3. The van der Waals surface area contributed by atoms with Gasteiger partial charge in [-0.3, -0.25) is 0 Å². The number of hydrogen-bond donors (Lipinski definition) is 2. The summed E-state index contributed by atoms with van der Waals surface area (Å²) in [7, 11) is 1.55. The van der Waals surface area contributed by atoms with Gasteiger partial charge in [0.15, 0.2) is 11.5 Å². The molecule has 1 saturated carbocycles. The molecule has 0 atom stereocenters. The molecule has 0 unspecified atom stereocenters. The van der Waals surface area contributed by atoms with Crippen LogP contribution in [0.4, 0.5) is 5.69 Å². The van der Waals surface area contributed by atoms with E-state index >= 15 is 0 Å². The van der Waals surface area contributed by atoms with Crippen LogP contribution in [-0.4, -0.2) is 18.8 Å². The second kappa shape index (κ2) is 3.78. The molecule has 3 heteroatoms. The summed E-state index contributed by atoms with van der Waals surface area (Å²) >= 11 is 0. The Morgan fingerprint density at radius 1 is 1.50 bits per heavy atom. The van der Waals surface area contributed by atoms with Gasteiger partial charge < -0.3 is 15.2 Å². The Kier molecular flexibility index (Phi) is 2.48. The fourth-order valence-electron chi connectivity index (χ4n) is 1.38. The van der Waals surface area contributed by atoms with Gasteiger partial charge in [0.05, 0.1) is 7.11 Å². The first-order valence-electron chi connectivity index (χ1n) is 4.90. The third-order valence-electron chi connectivity index (χ3n) is 2.47. The molecule has 2 N–H and O–H groups in total. The fraction of sp³-hybridized carbons (Fsp3) is 0.455. The molecule has 76 valence electrons. The van der Waals surface area contributed by atoms with E-state index in [0.717, 1.165) is 18.2 Å². The van der Waals surface area contributed by atoms with E-state index in [-0.39, 0.29) is 5.75 Å². The van der Waals surface area contributed by atoms with Crippen LogP contribution in [0.3, 0.4) is 0 Å². The SMILES string of the molecule is COc1ccc(NCC2CC2)cc1O. The lowest BCUT2D eigenvalue weighted by molar-refractivity contribution is 0.373. The Morgan fingerprint density at radius 3 is 2.86 bits per heavy atom. The van der Waals surface area contributed by atoms with E-state index < -0.39 is 0 Å². The summed E-state index contributed by atoms with van der Waals surface area (Å²) in [6, 6.07) is 5.38. The first-order valence-corrected chi connectivity index (χ1v) is 4.90. The van der Waals surface area contributed by atoms with E-state index in [1.54, 1.807) is 19.2 Å². The Hall–Kier alpha value is -1.38. The molecule has 0 aliphatic heterocycles. The van der Waals surface area contributed by atoms with Gasteiger partial charge in [-0.05, 0) is 30.9 Å². The molecule has 0 saturated heterocycles. The molecule has 1 aromatic carbocycles. The van der Waals surface area contributed by atoms with Crippen molar-refractivity contribution in [3.8, 4) is 11.5 Å². The average Bonchev–Trinajstić information content (AvgIpc) is 2.98. The summed E-state index contributed by atoms with van der Waals surface area (Å²) in [5.41, 5.74) is 0.954. The van der Waals surface area contributed by atoms with Crippen LogP contribution in [0.1, 0.15) is 12.8 Å². The molecule has 1 aliphatic rings. The van der Waals surface area contributed by atoms with Crippen LogP contribution in [0.5, 0.6) is 11.5 Å². The zero-order valence-electron chi connectivity index (χ0n) is 8.29. The molecular formula is C11H15NO2. The van der Waals surface area contributed by atoms with Crippen molar-refractivity contribution in [2.45, 2.75) is 12.8 Å². The highest BCUT2D eigenvalue weighted by atomic mass is 16.5. The third kappa shape index (κ3) is 2.10. The van der Waals surface area contributed by atoms with E-state index in [9.17, 15) is 5.11 Å². The molecule has 2 rings (SSSR count). The van der Waals surface area contributed by atoms with Gasteiger partial charge in [0.1, 0.15) is 0 Å². The van der Waals surface area contributed by atoms with Crippen LogP contribution in [0.25, 0.3) is 0 Å². The largest absolute Gasteiger partial charge is 0.504 e. The quantitative estimate of drug-likeness (QED) is 0.770. The Bertz CT molecular complexity index is 321. The van der Waals surface area contributed by atoms with Crippen molar-refractivity contribution >= 4 is 5.69 Å². The van der Waals surface area contributed by atoms with Crippen LogP contribution in [0, 0.1) is 5.92 Å². The van der Waals surface area contributed by atoms with E-state index in [1.165, 1.54) is 12.8 Å². The van der Waals surface area contributed by atoms with Crippen molar-refractivity contribution < 1.29 is 9.84 Å². The number of rotatable bonds is 4. The van der Waals surface area contributed by atoms with Crippen molar-refractivity contribution in [2.24, 2.45) is 5.92 Å². The molecule has 0 bridgehead atoms. The first-order chi connectivity index (χ1) is 6.79. The molecule has 1 aromatic rings. The van der Waals surface area contributed by atoms with E-state index in [2.05, 4.69) is 5.32 Å². The average molecular weight is 193 g/mol. The smallest absolute Gasteiger partial charge is 0.160 e. The van der Waals surface area contributed by atoms with Gasteiger partial charge >= 0.3 is 0 Å². The predicted octanol–water partition coefficient (Wildman–Crippen LogP) is 2.22. The maximum Gasteiger partial charge on any atom is 0.160 e. The number of aromatic hydroxyl groups is 1. The fourth-order valence-corrected chi connectivity index (χ4v) is 1.38. The lowest BCUT2D eigenvalue weighted by Gasteiger charge is -2.08. The van der Waals surface area contributed by atoms with Gasteiger partial charge in [0, 0.05) is 18.3 Å². The van der Waals surface area contributed by atoms with Crippen molar-refractivity contribution in [1.29, 1.82) is 0 Å². The van der Waals surface area contributed by atoms with Crippen LogP contribution in [-0.2, 0) is 0 Å². The van der Waals surface area contributed by atoms with Gasteiger partial charge in [-0.1, -0.05) is 0 Å². The van der Waals surface area contributed by atoms with Crippen LogP contribution in [0.2, 0.25) is 0 Å². The molecule has 0 radical (unpaired) electrons. The van der Waals surface area contributed by atoms with Gasteiger partial charge in [-0.25, -0.2) is 0 Å². The minimum atomic E-state index is 0.188. The summed E-state index contributed by atoms with van der Waals surface area (Å²) in [6.45, 7) is 1.01. The highest BCUT2D eigenvalue weighted by Gasteiger charge is 2.20. The van der Waals surface area contributed by atoms with Crippen LogP contribution >= 0.6 is 0 Å². The number of phenolic OH excluding ortho intramolecular Hbond substituents is 1.